The molecule has 2 fully saturated rings. The van der Waals surface area contributed by atoms with Crippen LogP contribution in [0.15, 0.2) is 0 Å². The van der Waals surface area contributed by atoms with Crippen LogP contribution in [-0.2, 0) is 4.79 Å². The number of hydrogen-bond acceptors (Lipinski definition) is 2. The van der Waals surface area contributed by atoms with Crippen LogP contribution in [0.1, 0.15) is 26.2 Å². The van der Waals surface area contributed by atoms with E-state index >= 15 is 0 Å². The zero-order valence-electron chi connectivity index (χ0n) is 9.37. The molecule has 4 heteroatoms. The monoisotopic (exact) mass is 232 g/mol. The van der Waals surface area contributed by atoms with Crippen LogP contribution in [0.4, 0.5) is 0 Å². The van der Waals surface area contributed by atoms with Crippen LogP contribution in [0.3, 0.4) is 0 Å². The maximum absolute atomic E-state index is 12.1. The Morgan fingerprint density at radius 2 is 2.00 bits per heavy atom. The summed E-state index contributed by atoms with van der Waals surface area (Å²) in [6, 6.07) is 0. The van der Waals surface area contributed by atoms with Gasteiger partial charge in [0.2, 0.25) is 5.91 Å². The number of rotatable bonds is 1. The van der Waals surface area contributed by atoms with Crippen molar-refractivity contribution in [3.8, 4) is 0 Å². The van der Waals surface area contributed by atoms with Crippen LogP contribution >= 0.6 is 12.4 Å². The molecule has 0 spiro atoms. The summed E-state index contributed by atoms with van der Waals surface area (Å²) in [7, 11) is 0. The summed E-state index contributed by atoms with van der Waals surface area (Å²) in [6.07, 6.45) is 3.42. The van der Waals surface area contributed by atoms with E-state index in [1.165, 1.54) is 12.8 Å². The Morgan fingerprint density at radius 1 is 1.33 bits per heavy atom. The summed E-state index contributed by atoms with van der Waals surface area (Å²) < 4.78 is 0. The van der Waals surface area contributed by atoms with Crippen LogP contribution in [0.5, 0.6) is 0 Å². The largest absolute Gasteiger partial charge is 0.342 e. The molecule has 2 unspecified atom stereocenters. The Kier molecular flexibility index (Phi) is 4.87. The molecule has 0 aromatic rings. The first kappa shape index (κ1) is 12.8. The van der Waals surface area contributed by atoms with Gasteiger partial charge < -0.3 is 10.2 Å². The molecule has 0 saturated carbocycles. The van der Waals surface area contributed by atoms with Gasteiger partial charge in [0.05, 0.1) is 0 Å². The smallest absolute Gasteiger partial charge is 0.226 e. The van der Waals surface area contributed by atoms with E-state index in [2.05, 4.69) is 17.1 Å². The number of nitrogens with one attached hydrogen (secondary N) is 1. The molecule has 0 radical (unpaired) electrons. The van der Waals surface area contributed by atoms with Gasteiger partial charge in [-0.3, -0.25) is 4.79 Å². The molecular weight excluding hydrogens is 212 g/mol. The zero-order chi connectivity index (χ0) is 9.97. The molecular formula is C11H21ClN2O. The van der Waals surface area contributed by atoms with Gasteiger partial charge in [-0.2, -0.15) is 0 Å². The van der Waals surface area contributed by atoms with Crippen molar-refractivity contribution in [3.05, 3.63) is 0 Å². The van der Waals surface area contributed by atoms with Gasteiger partial charge in [-0.25, -0.2) is 0 Å². The molecule has 2 heterocycles. The van der Waals surface area contributed by atoms with Crippen molar-refractivity contribution in [2.75, 3.05) is 26.2 Å². The lowest BCUT2D eigenvalue weighted by atomic mass is 9.87. The predicted octanol–water partition coefficient (Wildman–Crippen LogP) is 1.28. The summed E-state index contributed by atoms with van der Waals surface area (Å²) >= 11 is 0. The lowest BCUT2D eigenvalue weighted by Crippen LogP contribution is -2.44. The third-order valence-electron chi connectivity index (χ3n) is 3.52. The van der Waals surface area contributed by atoms with E-state index in [0.29, 0.717) is 11.8 Å². The summed E-state index contributed by atoms with van der Waals surface area (Å²) in [6.45, 7) is 6.19. The summed E-state index contributed by atoms with van der Waals surface area (Å²) in [4.78, 5) is 14.2. The second-order valence-corrected chi connectivity index (χ2v) is 4.61. The molecule has 3 nitrogen and oxygen atoms in total. The number of carbonyl (C=O) groups excluding carboxylic acids is 1. The van der Waals surface area contributed by atoms with E-state index in [1.807, 2.05) is 0 Å². The second kappa shape index (κ2) is 5.71. The molecule has 0 aromatic heterocycles. The van der Waals surface area contributed by atoms with Crippen LogP contribution < -0.4 is 5.32 Å². The van der Waals surface area contributed by atoms with Crippen LogP contribution in [0.25, 0.3) is 0 Å². The Bertz CT molecular complexity index is 217. The van der Waals surface area contributed by atoms with Crippen molar-refractivity contribution in [2.45, 2.75) is 26.2 Å². The van der Waals surface area contributed by atoms with E-state index < -0.39 is 0 Å². The molecule has 0 aromatic carbocycles. The fourth-order valence-corrected chi connectivity index (χ4v) is 2.55. The number of amides is 1. The van der Waals surface area contributed by atoms with Crippen molar-refractivity contribution in [2.24, 2.45) is 11.8 Å². The standard InChI is InChI=1S/C11H20N2O.ClH/c1-9-8-12-5-4-10(9)11(14)13-6-2-3-7-13;/h9-10,12H,2-8H2,1H3;1H. The fourth-order valence-electron chi connectivity index (χ4n) is 2.55. The van der Waals surface area contributed by atoms with Crippen molar-refractivity contribution >= 4 is 18.3 Å². The number of nitrogens with zero attached hydrogens (tertiary/aromatic N) is 1. The molecule has 2 aliphatic heterocycles. The molecule has 1 N–H and O–H groups in total. The van der Waals surface area contributed by atoms with Crippen molar-refractivity contribution in [1.82, 2.24) is 10.2 Å². The fraction of sp³-hybridized carbons (Fsp3) is 0.909. The highest BCUT2D eigenvalue weighted by molar-refractivity contribution is 5.85. The minimum Gasteiger partial charge on any atom is -0.342 e. The summed E-state index contributed by atoms with van der Waals surface area (Å²) in [5, 5.41) is 3.34. The van der Waals surface area contributed by atoms with Gasteiger partial charge in [-0.05, 0) is 38.3 Å². The zero-order valence-corrected chi connectivity index (χ0v) is 10.2. The van der Waals surface area contributed by atoms with E-state index in [0.717, 1.165) is 32.6 Å². The van der Waals surface area contributed by atoms with Gasteiger partial charge in [-0.1, -0.05) is 6.92 Å². The number of piperidine rings is 1. The van der Waals surface area contributed by atoms with Crippen LogP contribution in [0, 0.1) is 11.8 Å². The Balaban J connectivity index is 0.00000112. The number of carbonyl (C=O) groups is 1. The quantitative estimate of drug-likeness (QED) is 0.739. The van der Waals surface area contributed by atoms with E-state index in [4.69, 9.17) is 0 Å². The van der Waals surface area contributed by atoms with Gasteiger partial charge in [-0.15, -0.1) is 12.4 Å². The molecule has 2 rings (SSSR count). The number of likely N-dealkylation sites (tertiary alicyclic amines) is 1. The van der Waals surface area contributed by atoms with Crippen LogP contribution in [0.2, 0.25) is 0 Å². The summed E-state index contributed by atoms with van der Waals surface area (Å²) in [5.74, 6) is 1.21. The van der Waals surface area contributed by atoms with Gasteiger partial charge >= 0.3 is 0 Å². The maximum atomic E-state index is 12.1. The molecule has 2 atom stereocenters. The number of hydrogen-bond donors (Lipinski definition) is 1. The van der Waals surface area contributed by atoms with Crippen LogP contribution in [-0.4, -0.2) is 37.0 Å². The molecule has 0 aliphatic carbocycles. The van der Waals surface area contributed by atoms with Crippen molar-refractivity contribution in [1.29, 1.82) is 0 Å². The van der Waals surface area contributed by atoms with Gasteiger partial charge in [0, 0.05) is 19.0 Å². The Labute approximate surface area is 98.0 Å². The Morgan fingerprint density at radius 3 is 2.60 bits per heavy atom. The average Bonchev–Trinajstić information content (AvgIpc) is 2.70. The normalized spacial score (nSPS) is 31.1. The first-order valence-electron chi connectivity index (χ1n) is 5.78. The van der Waals surface area contributed by atoms with Crippen molar-refractivity contribution in [3.63, 3.8) is 0 Å². The summed E-state index contributed by atoms with van der Waals surface area (Å²) in [5.41, 5.74) is 0. The highest BCUT2D eigenvalue weighted by Gasteiger charge is 2.31. The first-order chi connectivity index (χ1) is 6.79. The first-order valence-corrected chi connectivity index (χ1v) is 5.78. The number of halogens is 1. The molecule has 1 amide bonds. The third-order valence-corrected chi connectivity index (χ3v) is 3.52. The van der Waals surface area contributed by atoms with Gasteiger partial charge in [0.15, 0.2) is 0 Å². The minimum absolute atomic E-state index is 0. The highest BCUT2D eigenvalue weighted by atomic mass is 35.5. The molecule has 2 aliphatic rings. The van der Waals surface area contributed by atoms with Gasteiger partial charge in [0.1, 0.15) is 0 Å². The predicted molar refractivity (Wildman–Crippen MR) is 63.2 cm³/mol. The topological polar surface area (TPSA) is 32.3 Å². The lowest BCUT2D eigenvalue weighted by molar-refractivity contribution is -0.136. The lowest BCUT2D eigenvalue weighted by Gasteiger charge is -2.31. The van der Waals surface area contributed by atoms with Gasteiger partial charge in [0.25, 0.3) is 0 Å². The molecule has 2 saturated heterocycles. The Hall–Kier alpha value is -0.280. The second-order valence-electron chi connectivity index (χ2n) is 4.61. The average molecular weight is 233 g/mol. The molecule has 0 bridgehead atoms. The van der Waals surface area contributed by atoms with E-state index in [-0.39, 0.29) is 18.3 Å². The van der Waals surface area contributed by atoms with E-state index in [1.54, 1.807) is 0 Å². The SMILES string of the molecule is CC1CNCCC1C(=O)N1CCCC1.Cl. The molecule has 88 valence electrons. The third kappa shape index (κ3) is 2.85. The van der Waals surface area contributed by atoms with E-state index in [9.17, 15) is 4.79 Å². The van der Waals surface area contributed by atoms with Crippen molar-refractivity contribution < 1.29 is 4.79 Å². The maximum Gasteiger partial charge on any atom is 0.226 e. The molecule has 15 heavy (non-hydrogen) atoms. The highest BCUT2D eigenvalue weighted by Crippen LogP contribution is 2.23. The minimum atomic E-state index is 0.